The minimum atomic E-state index is -1.03. The molecule has 0 amide bonds. The highest BCUT2D eigenvalue weighted by Crippen LogP contribution is 1.99. The lowest BCUT2D eigenvalue weighted by molar-refractivity contribution is -0.139. The van der Waals surface area contributed by atoms with Crippen LogP contribution in [0.3, 0.4) is 0 Å². The zero-order chi connectivity index (χ0) is 18.8. The first-order valence-electron chi connectivity index (χ1n) is 7.27. The van der Waals surface area contributed by atoms with Crippen LogP contribution in [0.2, 0.25) is 0 Å². The lowest BCUT2D eigenvalue weighted by Gasteiger charge is -1.92. The third-order valence-electron chi connectivity index (χ3n) is 2.34. The van der Waals surface area contributed by atoms with Crippen LogP contribution in [0.1, 0.15) is 49.1 Å². The number of carboxylic acids is 3. The molecular formula is C17H24O7. The van der Waals surface area contributed by atoms with Gasteiger partial charge in [0.05, 0.1) is 6.26 Å². The van der Waals surface area contributed by atoms with E-state index in [1.54, 1.807) is 0 Å². The van der Waals surface area contributed by atoms with Crippen LogP contribution in [0.15, 0.2) is 48.1 Å². The molecule has 0 saturated heterocycles. The van der Waals surface area contributed by atoms with E-state index in [9.17, 15) is 14.4 Å². The zero-order valence-electron chi connectivity index (χ0n) is 13.5. The van der Waals surface area contributed by atoms with Crippen molar-refractivity contribution in [2.45, 2.75) is 38.5 Å². The Balaban J connectivity index is 0. The van der Waals surface area contributed by atoms with Crippen LogP contribution in [0.25, 0.3) is 0 Å². The fourth-order valence-electron chi connectivity index (χ4n) is 1.19. The molecular weight excluding hydrogens is 316 g/mol. The van der Waals surface area contributed by atoms with Crippen molar-refractivity contribution >= 4 is 17.9 Å². The standard InChI is InChI=1S/C6H10O4.C6H10.C5H4O3/c7-5(8)3-1-2-4-6(9)10;1-3-5-6-4-2;6-5(7)4-2-1-3-8-4/h1-4H2,(H,7,8)(H,9,10);3-4H,1-2,5-6H2;1-3H,(H,6,7). The number of aromatic carboxylic acids is 1. The van der Waals surface area contributed by atoms with Crippen LogP contribution >= 0.6 is 0 Å². The Labute approximate surface area is 140 Å². The minimum absolute atomic E-state index is 0.0231. The summed E-state index contributed by atoms with van der Waals surface area (Å²) in [6, 6.07) is 2.92. The predicted molar refractivity (Wildman–Crippen MR) is 89.0 cm³/mol. The number of aliphatic carboxylic acids is 2. The van der Waals surface area contributed by atoms with E-state index in [1.807, 2.05) is 12.2 Å². The smallest absolute Gasteiger partial charge is 0.371 e. The predicted octanol–water partition coefficient (Wildman–Crippen LogP) is 3.83. The number of rotatable bonds is 9. The van der Waals surface area contributed by atoms with Crippen molar-refractivity contribution in [3.63, 3.8) is 0 Å². The molecule has 1 aromatic rings. The van der Waals surface area contributed by atoms with Gasteiger partial charge in [0.2, 0.25) is 5.76 Å². The van der Waals surface area contributed by atoms with Gasteiger partial charge in [-0.3, -0.25) is 9.59 Å². The van der Waals surface area contributed by atoms with Crippen LogP contribution in [-0.2, 0) is 9.59 Å². The number of hydrogen-bond acceptors (Lipinski definition) is 4. The summed E-state index contributed by atoms with van der Waals surface area (Å²) in [6.07, 6.45) is 8.24. The highest BCUT2D eigenvalue weighted by molar-refractivity contribution is 5.84. The van der Waals surface area contributed by atoms with Crippen LogP contribution in [0.5, 0.6) is 0 Å². The molecule has 0 atom stereocenters. The van der Waals surface area contributed by atoms with E-state index in [0.29, 0.717) is 12.8 Å². The normalized spacial score (nSPS) is 8.67. The van der Waals surface area contributed by atoms with E-state index in [-0.39, 0.29) is 18.6 Å². The first kappa shape index (κ1) is 23.4. The van der Waals surface area contributed by atoms with Crippen molar-refractivity contribution in [1.29, 1.82) is 0 Å². The highest BCUT2D eigenvalue weighted by Gasteiger charge is 2.01. The summed E-state index contributed by atoms with van der Waals surface area (Å²) < 4.78 is 4.50. The fourth-order valence-corrected chi connectivity index (χ4v) is 1.19. The molecule has 134 valence electrons. The number of unbranched alkanes of at least 4 members (excludes halogenated alkanes) is 2. The molecule has 0 aliphatic rings. The maximum absolute atomic E-state index is 9.97. The van der Waals surface area contributed by atoms with Gasteiger partial charge in [0.25, 0.3) is 0 Å². The summed E-state index contributed by atoms with van der Waals surface area (Å²) in [5, 5.41) is 24.4. The Morgan fingerprint density at radius 1 is 0.958 bits per heavy atom. The van der Waals surface area contributed by atoms with Gasteiger partial charge < -0.3 is 19.7 Å². The third kappa shape index (κ3) is 19.2. The summed E-state index contributed by atoms with van der Waals surface area (Å²) in [5.41, 5.74) is 0. The molecule has 0 bridgehead atoms. The van der Waals surface area contributed by atoms with Gasteiger partial charge in [0.15, 0.2) is 0 Å². The molecule has 1 heterocycles. The SMILES string of the molecule is C=CCCC=C.O=C(O)CCCCC(=O)O.O=C(O)c1ccco1. The van der Waals surface area contributed by atoms with Gasteiger partial charge in [0, 0.05) is 12.8 Å². The number of carbonyl (C=O) groups is 3. The van der Waals surface area contributed by atoms with E-state index >= 15 is 0 Å². The third-order valence-corrected chi connectivity index (χ3v) is 2.34. The second kappa shape index (κ2) is 16.5. The van der Waals surface area contributed by atoms with Gasteiger partial charge >= 0.3 is 17.9 Å². The lowest BCUT2D eigenvalue weighted by Crippen LogP contribution is -1.97. The fraction of sp³-hybridized carbons (Fsp3) is 0.353. The molecule has 1 rings (SSSR count). The quantitative estimate of drug-likeness (QED) is 0.460. The summed E-state index contributed by atoms with van der Waals surface area (Å²) >= 11 is 0. The Hall–Kier alpha value is -2.83. The molecule has 7 nitrogen and oxygen atoms in total. The Kier molecular flexibility index (Phi) is 16.2. The molecule has 0 aliphatic carbocycles. The molecule has 0 spiro atoms. The number of furan rings is 1. The van der Waals surface area contributed by atoms with Crippen LogP contribution in [0, 0.1) is 0 Å². The van der Waals surface area contributed by atoms with Crippen LogP contribution < -0.4 is 0 Å². The zero-order valence-corrected chi connectivity index (χ0v) is 13.5. The second-order valence-electron chi connectivity index (χ2n) is 4.43. The maximum atomic E-state index is 9.97. The van der Waals surface area contributed by atoms with Crippen molar-refractivity contribution in [2.24, 2.45) is 0 Å². The Morgan fingerprint density at radius 2 is 1.42 bits per heavy atom. The number of allylic oxidation sites excluding steroid dienone is 2. The molecule has 7 heteroatoms. The second-order valence-corrected chi connectivity index (χ2v) is 4.43. The van der Waals surface area contributed by atoms with Gasteiger partial charge in [-0.25, -0.2) is 4.79 Å². The molecule has 0 fully saturated rings. The first-order valence-corrected chi connectivity index (χ1v) is 7.27. The monoisotopic (exact) mass is 340 g/mol. The Morgan fingerprint density at radius 3 is 1.62 bits per heavy atom. The molecule has 0 radical (unpaired) electrons. The largest absolute Gasteiger partial charge is 0.481 e. The number of hydrogen-bond donors (Lipinski definition) is 3. The lowest BCUT2D eigenvalue weighted by atomic mass is 10.2. The summed E-state index contributed by atoms with van der Waals surface area (Å²) in [4.78, 5) is 29.8. The number of carboxylic acid groups (broad SMARTS) is 3. The van der Waals surface area contributed by atoms with Gasteiger partial charge in [0.1, 0.15) is 0 Å². The van der Waals surface area contributed by atoms with Gasteiger partial charge in [-0.05, 0) is 37.8 Å². The average molecular weight is 340 g/mol. The van der Waals surface area contributed by atoms with Crippen molar-refractivity contribution in [1.82, 2.24) is 0 Å². The van der Waals surface area contributed by atoms with Crippen molar-refractivity contribution in [2.75, 3.05) is 0 Å². The van der Waals surface area contributed by atoms with Crippen molar-refractivity contribution < 1.29 is 34.1 Å². The van der Waals surface area contributed by atoms with E-state index in [4.69, 9.17) is 15.3 Å². The highest BCUT2D eigenvalue weighted by atomic mass is 16.4. The van der Waals surface area contributed by atoms with E-state index < -0.39 is 17.9 Å². The van der Waals surface area contributed by atoms with Gasteiger partial charge in [-0.2, -0.15) is 0 Å². The van der Waals surface area contributed by atoms with Gasteiger partial charge in [-0.1, -0.05) is 12.2 Å². The summed E-state index contributed by atoms with van der Waals surface area (Å²) in [5.74, 6) is -2.80. The van der Waals surface area contributed by atoms with E-state index in [1.165, 1.54) is 18.4 Å². The molecule has 0 unspecified atom stereocenters. The molecule has 3 N–H and O–H groups in total. The average Bonchev–Trinajstić information content (AvgIpc) is 3.05. The molecule has 0 aliphatic heterocycles. The molecule has 0 aromatic carbocycles. The van der Waals surface area contributed by atoms with E-state index in [2.05, 4.69) is 17.6 Å². The molecule has 1 aromatic heterocycles. The topological polar surface area (TPSA) is 125 Å². The van der Waals surface area contributed by atoms with Gasteiger partial charge in [-0.15, -0.1) is 13.2 Å². The van der Waals surface area contributed by atoms with E-state index in [0.717, 1.165) is 12.8 Å². The van der Waals surface area contributed by atoms with Crippen LogP contribution in [-0.4, -0.2) is 33.2 Å². The molecule has 0 saturated carbocycles. The molecule has 24 heavy (non-hydrogen) atoms. The minimum Gasteiger partial charge on any atom is -0.481 e. The van der Waals surface area contributed by atoms with Crippen molar-refractivity contribution in [3.8, 4) is 0 Å². The Bertz CT molecular complexity index is 465. The maximum Gasteiger partial charge on any atom is 0.371 e. The first-order chi connectivity index (χ1) is 11.3. The van der Waals surface area contributed by atoms with Crippen molar-refractivity contribution in [3.05, 3.63) is 49.5 Å². The van der Waals surface area contributed by atoms with Crippen LogP contribution in [0.4, 0.5) is 0 Å². The summed E-state index contributed by atoms with van der Waals surface area (Å²) in [6.45, 7) is 7.10. The summed E-state index contributed by atoms with van der Waals surface area (Å²) in [7, 11) is 0.